The molecule has 0 bridgehead atoms. The summed E-state index contributed by atoms with van der Waals surface area (Å²) >= 11 is 1.40. The van der Waals surface area contributed by atoms with Gasteiger partial charge in [-0.1, -0.05) is 50.3 Å². The first-order valence-electron chi connectivity index (χ1n) is 10.6. The number of thiazole rings is 1. The number of benzene rings is 1. The van der Waals surface area contributed by atoms with Crippen LogP contribution < -0.4 is 10.2 Å². The monoisotopic (exact) mass is 440 g/mol. The second-order valence-corrected chi connectivity index (χ2v) is 10.5. The zero-order chi connectivity index (χ0) is 22.4. The van der Waals surface area contributed by atoms with E-state index in [-0.39, 0.29) is 30.3 Å². The Morgan fingerprint density at radius 2 is 2.10 bits per heavy atom. The fourth-order valence-corrected chi connectivity index (χ4v) is 6.25. The summed E-state index contributed by atoms with van der Waals surface area (Å²) in [6.07, 6.45) is 3.79. The fraction of sp³-hybridized carbons (Fsp3) is 0.478. The average molecular weight is 441 g/mol. The Morgan fingerprint density at radius 1 is 1.35 bits per heavy atom. The third kappa shape index (κ3) is 3.96. The maximum Gasteiger partial charge on any atom is 0.325 e. The predicted molar refractivity (Wildman–Crippen MR) is 122 cm³/mol. The Kier molecular flexibility index (Phi) is 5.37. The lowest BCUT2D eigenvalue weighted by Gasteiger charge is -2.43. The van der Waals surface area contributed by atoms with Crippen molar-refractivity contribution in [3.8, 4) is 0 Å². The first-order valence-corrected chi connectivity index (χ1v) is 11.4. The van der Waals surface area contributed by atoms with E-state index < -0.39 is 11.6 Å². The molecule has 0 unspecified atom stereocenters. The van der Waals surface area contributed by atoms with E-state index >= 15 is 0 Å². The molecule has 2 atom stereocenters. The molecular weight excluding hydrogens is 412 g/mol. The van der Waals surface area contributed by atoms with Crippen LogP contribution in [0.15, 0.2) is 36.9 Å². The lowest BCUT2D eigenvalue weighted by atomic mass is 9.64. The molecular formula is C23H28N4O3S. The Hall–Kier alpha value is -2.74. The highest BCUT2D eigenvalue weighted by Crippen LogP contribution is 2.46. The van der Waals surface area contributed by atoms with Gasteiger partial charge in [-0.2, -0.15) is 0 Å². The number of nitrogens with one attached hydrogen (secondary N) is 1. The molecule has 2 heterocycles. The number of urea groups is 1. The Morgan fingerprint density at radius 3 is 2.77 bits per heavy atom. The Balaban J connectivity index is 1.57. The highest BCUT2D eigenvalue weighted by molar-refractivity contribution is 7.22. The van der Waals surface area contributed by atoms with Gasteiger partial charge < -0.3 is 5.32 Å². The van der Waals surface area contributed by atoms with E-state index in [0.717, 1.165) is 21.5 Å². The van der Waals surface area contributed by atoms with Crippen molar-refractivity contribution in [1.29, 1.82) is 0 Å². The fourth-order valence-electron chi connectivity index (χ4n) is 5.26. The van der Waals surface area contributed by atoms with Crippen LogP contribution in [0.2, 0.25) is 0 Å². The summed E-state index contributed by atoms with van der Waals surface area (Å²) in [5.41, 5.74) is -0.175. The Labute approximate surface area is 186 Å². The summed E-state index contributed by atoms with van der Waals surface area (Å²) < 4.78 is 0.965. The van der Waals surface area contributed by atoms with E-state index in [1.807, 2.05) is 24.3 Å². The molecule has 4 rings (SSSR count). The SMILES string of the molecule is C=CCN(C(=O)CN1C(=O)N[C@]2(C[C@H](C)CC(C)(C)C2)C1=O)c1nc2ccccc2s1. The molecule has 31 heavy (non-hydrogen) atoms. The number of carbonyl (C=O) groups excluding carboxylic acids is 3. The van der Waals surface area contributed by atoms with Crippen molar-refractivity contribution in [2.75, 3.05) is 18.0 Å². The van der Waals surface area contributed by atoms with E-state index in [0.29, 0.717) is 23.9 Å². The summed E-state index contributed by atoms with van der Waals surface area (Å²) in [5.74, 6) is -0.348. The van der Waals surface area contributed by atoms with Gasteiger partial charge in [-0.25, -0.2) is 9.78 Å². The molecule has 1 saturated heterocycles. The predicted octanol–water partition coefficient (Wildman–Crippen LogP) is 3.95. The van der Waals surface area contributed by atoms with Crippen molar-refractivity contribution in [1.82, 2.24) is 15.2 Å². The summed E-state index contributed by atoms with van der Waals surface area (Å²) in [6.45, 7) is 10.0. The molecule has 1 N–H and O–H groups in total. The van der Waals surface area contributed by atoms with Crippen molar-refractivity contribution < 1.29 is 14.4 Å². The van der Waals surface area contributed by atoms with Crippen LogP contribution in [-0.2, 0) is 9.59 Å². The molecule has 1 aromatic carbocycles. The zero-order valence-corrected chi connectivity index (χ0v) is 19.0. The largest absolute Gasteiger partial charge is 0.325 e. The highest BCUT2D eigenvalue weighted by atomic mass is 32.1. The minimum absolute atomic E-state index is 0.0590. The molecule has 1 aliphatic heterocycles. The number of nitrogens with zero attached hydrogens (tertiary/aromatic N) is 3. The normalized spacial score (nSPS) is 25.1. The first kappa shape index (κ1) is 21.5. The number of anilines is 1. The molecule has 1 saturated carbocycles. The van der Waals surface area contributed by atoms with Gasteiger partial charge in [-0.3, -0.25) is 19.4 Å². The molecule has 2 aliphatic rings. The molecule has 164 valence electrons. The van der Waals surface area contributed by atoms with E-state index in [1.54, 1.807) is 6.08 Å². The number of amides is 4. The second kappa shape index (κ2) is 7.75. The van der Waals surface area contributed by atoms with Crippen LogP contribution in [0.1, 0.15) is 40.0 Å². The average Bonchev–Trinajstić information content (AvgIpc) is 3.19. The van der Waals surface area contributed by atoms with Crippen molar-refractivity contribution in [2.24, 2.45) is 11.3 Å². The van der Waals surface area contributed by atoms with Gasteiger partial charge in [0, 0.05) is 6.54 Å². The van der Waals surface area contributed by atoms with Crippen LogP contribution in [-0.4, -0.2) is 46.4 Å². The molecule has 2 aromatic rings. The van der Waals surface area contributed by atoms with Crippen LogP contribution >= 0.6 is 11.3 Å². The lowest BCUT2D eigenvalue weighted by molar-refractivity contribution is -0.137. The third-order valence-corrected chi connectivity index (χ3v) is 7.10. The molecule has 8 heteroatoms. The maximum atomic E-state index is 13.4. The quantitative estimate of drug-likeness (QED) is 0.564. The standard InChI is InChI=1S/C23H28N4O3S/c1-5-10-26(21-24-16-8-6-7-9-17(16)31-21)18(28)13-27-19(29)23(25-20(27)30)12-15(2)11-22(3,4)14-23/h5-9,15H,1,10-14H2,2-4H3,(H,25,30)/t15-,23+/m1/s1. The van der Waals surface area contributed by atoms with Crippen LogP contribution in [0.5, 0.6) is 0 Å². The number of imide groups is 1. The van der Waals surface area contributed by atoms with Crippen LogP contribution in [0.25, 0.3) is 10.2 Å². The topological polar surface area (TPSA) is 82.6 Å². The molecule has 0 radical (unpaired) electrons. The summed E-state index contributed by atoms with van der Waals surface area (Å²) in [6, 6.07) is 7.15. The summed E-state index contributed by atoms with van der Waals surface area (Å²) in [5, 5.41) is 3.45. The minimum Gasteiger partial charge on any atom is -0.323 e. The van der Waals surface area contributed by atoms with Crippen molar-refractivity contribution in [3.05, 3.63) is 36.9 Å². The molecule has 2 fully saturated rings. The number of hydrogen-bond donors (Lipinski definition) is 1. The number of carbonyl (C=O) groups is 3. The summed E-state index contributed by atoms with van der Waals surface area (Å²) in [7, 11) is 0. The zero-order valence-electron chi connectivity index (χ0n) is 18.2. The lowest BCUT2D eigenvalue weighted by Crippen LogP contribution is -2.54. The van der Waals surface area contributed by atoms with Crippen LogP contribution in [0.4, 0.5) is 9.93 Å². The number of aromatic nitrogens is 1. The smallest absolute Gasteiger partial charge is 0.323 e. The maximum absolute atomic E-state index is 13.4. The third-order valence-electron chi connectivity index (χ3n) is 6.04. The van der Waals surface area contributed by atoms with Gasteiger partial charge >= 0.3 is 6.03 Å². The van der Waals surface area contributed by atoms with Gasteiger partial charge in [-0.15, -0.1) is 6.58 Å². The van der Waals surface area contributed by atoms with Gasteiger partial charge in [0.1, 0.15) is 12.1 Å². The number of fused-ring (bicyclic) bond motifs is 1. The van der Waals surface area contributed by atoms with Crippen LogP contribution in [0, 0.1) is 11.3 Å². The van der Waals surface area contributed by atoms with Gasteiger partial charge in [-0.05, 0) is 42.7 Å². The van der Waals surface area contributed by atoms with Crippen molar-refractivity contribution in [3.63, 3.8) is 0 Å². The van der Waals surface area contributed by atoms with E-state index in [9.17, 15) is 14.4 Å². The second-order valence-electron chi connectivity index (χ2n) is 9.52. The highest BCUT2D eigenvalue weighted by Gasteiger charge is 2.56. The van der Waals surface area contributed by atoms with Crippen molar-refractivity contribution >= 4 is 44.5 Å². The van der Waals surface area contributed by atoms with Crippen molar-refractivity contribution in [2.45, 2.75) is 45.6 Å². The Bertz CT molecular complexity index is 1030. The molecule has 1 aliphatic carbocycles. The molecule has 1 spiro atoms. The van der Waals surface area contributed by atoms with Crippen LogP contribution in [0.3, 0.4) is 0 Å². The van der Waals surface area contributed by atoms with Gasteiger partial charge in [0.15, 0.2) is 5.13 Å². The first-order chi connectivity index (χ1) is 14.6. The molecule has 7 nitrogen and oxygen atoms in total. The number of rotatable bonds is 5. The van der Waals surface area contributed by atoms with Gasteiger partial charge in [0.25, 0.3) is 5.91 Å². The van der Waals surface area contributed by atoms with E-state index in [2.05, 4.69) is 37.7 Å². The number of hydrogen-bond acceptors (Lipinski definition) is 5. The van der Waals surface area contributed by atoms with Gasteiger partial charge in [0.2, 0.25) is 5.91 Å². The number of para-hydroxylation sites is 1. The molecule has 1 aromatic heterocycles. The van der Waals surface area contributed by atoms with E-state index in [4.69, 9.17) is 0 Å². The summed E-state index contributed by atoms with van der Waals surface area (Å²) in [4.78, 5) is 46.4. The minimum atomic E-state index is -0.919. The van der Waals surface area contributed by atoms with E-state index in [1.165, 1.54) is 16.2 Å². The molecule has 4 amide bonds. The van der Waals surface area contributed by atoms with Gasteiger partial charge in [0.05, 0.1) is 10.2 Å².